The molecule has 0 saturated carbocycles. The topological polar surface area (TPSA) is 29.5 Å². The summed E-state index contributed by atoms with van der Waals surface area (Å²) in [5, 5.41) is 0. The number of Topliss-reactive ketones (excluding diaryl/α,β-unsaturated/α-hetero) is 1. The highest BCUT2D eigenvalue weighted by Gasteiger charge is 2.33. The summed E-state index contributed by atoms with van der Waals surface area (Å²) < 4.78 is 5.40. The Balaban J connectivity index is 1.92. The number of ether oxygens (including phenoxy) is 1. The third-order valence-corrected chi connectivity index (χ3v) is 3.32. The number of carbonyl (C=O) groups excluding carboxylic acids is 1. The van der Waals surface area contributed by atoms with Gasteiger partial charge >= 0.3 is 0 Å². The van der Waals surface area contributed by atoms with E-state index in [0.29, 0.717) is 17.9 Å². The molecule has 3 heteroatoms. The van der Waals surface area contributed by atoms with Gasteiger partial charge in [-0.25, -0.2) is 0 Å². The molecule has 0 bridgehead atoms. The Kier molecular flexibility index (Phi) is 3.19. The zero-order chi connectivity index (χ0) is 9.97. The fourth-order valence-corrected chi connectivity index (χ4v) is 2.67. The monoisotopic (exact) mass is 197 g/mol. The molecule has 2 unspecified atom stereocenters. The van der Waals surface area contributed by atoms with Crippen molar-refractivity contribution in [3.05, 3.63) is 0 Å². The van der Waals surface area contributed by atoms with Crippen molar-refractivity contribution in [3.8, 4) is 0 Å². The predicted octanol–water partition coefficient (Wildman–Crippen LogP) is 1.22. The quantitative estimate of drug-likeness (QED) is 0.681. The third kappa shape index (κ3) is 2.15. The van der Waals surface area contributed by atoms with E-state index in [1.54, 1.807) is 6.92 Å². The maximum atomic E-state index is 11.1. The van der Waals surface area contributed by atoms with Crippen LogP contribution in [0.1, 0.15) is 32.6 Å². The standard InChI is InChI=1S/C11H19NO2/c1-9(13)7-10-3-2-5-12(10)11-4-6-14-8-11/h10-11H,2-8H2,1H3. The van der Waals surface area contributed by atoms with Crippen molar-refractivity contribution in [2.75, 3.05) is 19.8 Å². The molecule has 0 aromatic rings. The molecular weight excluding hydrogens is 178 g/mol. The Morgan fingerprint density at radius 1 is 1.50 bits per heavy atom. The van der Waals surface area contributed by atoms with Gasteiger partial charge in [0.1, 0.15) is 5.78 Å². The van der Waals surface area contributed by atoms with E-state index < -0.39 is 0 Å². The zero-order valence-electron chi connectivity index (χ0n) is 8.87. The van der Waals surface area contributed by atoms with Crippen LogP contribution >= 0.6 is 0 Å². The van der Waals surface area contributed by atoms with Gasteiger partial charge in [-0.2, -0.15) is 0 Å². The summed E-state index contributed by atoms with van der Waals surface area (Å²) >= 11 is 0. The molecule has 0 radical (unpaired) electrons. The Bertz CT molecular complexity index is 211. The number of rotatable bonds is 3. The fraction of sp³-hybridized carbons (Fsp3) is 0.909. The number of ketones is 1. The van der Waals surface area contributed by atoms with Gasteiger partial charge < -0.3 is 4.74 Å². The first-order valence-corrected chi connectivity index (χ1v) is 5.60. The predicted molar refractivity (Wildman–Crippen MR) is 54.3 cm³/mol. The molecule has 0 aromatic heterocycles. The highest BCUT2D eigenvalue weighted by Crippen LogP contribution is 2.26. The normalized spacial score (nSPS) is 33.8. The molecular formula is C11H19NO2. The molecule has 2 aliphatic rings. The van der Waals surface area contributed by atoms with E-state index in [1.807, 2.05) is 0 Å². The van der Waals surface area contributed by atoms with E-state index in [4.69, 9.17) is 4.74 Å². The van der Waals surface area contributed by atoms with Crippen LogP contribution in [0.2, 0.25) is 0 Å². The Labute approximate surface area is 85.4 Å². The molecule has 2 rings (SSSR count). The summed E-state index contributed by atoms with van der Waals surface area (Å²) in [5.41, 5.74) is 0. The van der Waals surface area contributed by atoms with E-state index in [0.717, 1.165) is 32.6 Å². The van der Waals surface area contributed by atoms with E-state index in [1.165, 1.54) is 12.8 Å². The average Bonchev–Trinajstić information content (AvgIpc) is 2.70. The smallest absolute Gasteiger partial charge is 0.131 e. The van der Waals surface area contributed by atoms with Crippen LogP contribution in [0.4, 0.5) is 0 Å². The molecule has 3 nitrogen and oxygen atoms in total. The van der Waals surface area contributed by atoms with Crippen LogP contribution in [-0.2, 0) is 9.53 Å². The third-order valence-electron chi connectivity index (χ3n) is 3.32. The summed E-state index contributed by atoms with van der Waals surface area (Å²) in [6.07, 6.45) is 4.31. The summed E-state index contributed by atoms with van der Waals surface area (Å²) in [6, 6.07) is 1.08. The largest absolute Gasteiger partial charge is 0.380 e. The highest BCUT2D eigenvalue weighted by atomic mass is 16.5. The van der Waals surface area contributed by atoms with Crippen molar-refractivity contribution < 1.29 is 9.53 Å². The van der Waals surface area contributed by atoms with Gasteiger partial charge in [0.05, 0.1) is 6.61 Å². The van der Waals surface area contributed by atoms with Crippen molar-refractivity contribution in [2.24, 2.45) is 0 Å². The van der Waals surface area contributed by atoms with Gasteiger partial charge in [-0.3, -0.25) is 9.69 Å². The zero-order valence-corrected chi connectivity index (χ0v) is 8.87. The van der Waals surface area contributed by atoms with Crippen molar-refractivity contribution in [1.82, 2.24) is 4.90 Å². The minimum Gasteiger partial charge on any atom is -0.380 e. The van der Waals surface area contributed by atoms with Crippen LogP contribution in [0.15, 0.2) is 0 Å². The van der Waals surface area contributed by atoms with Crippen molar-refractivity contribution in [1.29, 1.82) is 0 Å². The van der Waals surface area contributed by atoms with Gasteiger partial charge in [-0.15, -0.1) is 0 Å². The summed E-state index contributed by atoms with van der Waals surface area (Å²) in [4.78, 5) is 13.6. The Hall–Kier alpha value is -0.410. The van der Waals surface area contributed by atoms with Crippen LogP contribution in [0.25, 0.3) is 0 Å². The Morgan fingerprint density at radius 3 is 3.00 bits per heavy atom. The Morgan fingerprint density at radius 2 is 2.36 bits per heavy atom. The van der Waals surface area contributed by atoms with Gasteiger partial charge in [0, 0.05) is 25.1 Å². The minimum absolute atomic E-state index is 0.320. The van der Waals surface area contributed by atoms with Gasteiger partial charge in [-0.1, -0.05) is 0 Å². The van der Waals surface area contributed by atoms with Crippen LogP contribution in [0, 0.1) is 0 Å². The molecule has 14 heavy (non-hydrogen) atoms. The van der Waals surface area contributed by atoms with E-state index in [-0.39, 0.29) is 0 Å². The second kappa shape index (κ2) is 4.41. The average molecular weight is 197 g/mol. The van der Waals surface area contributed by atoms with Crippen molar-refractivity contribution in [2.45, 2.75) is 44.7 Å². The second-order valence-electron chi connectivity index (χ2n) is 4.46. The maximum Gasteiger partial charge on any atom is 0.131 e. The lowest BCUT2D eigenvalue weighted by atomic mass is 10.1. The first kappa shape index (κ1) is 10.1. The fourth-order valence-electron chi connectivity index (χ4n) is 2.67. The van der Waals surface area contributed by atoms with Crippen LogP contribution < -0.4 is 0 Å². The number of hydrogen-bond donors (Lipinski definition) is 0. The van der Waals surface area contributed by atoms with E-state index in [9.17, 15) is 4.79 Å². The van der Waals surface area contributed by atoms with Gasteiger partial charge in [0.15, 0.2) is 0 Å². The van der Waals surface area contributed by atoms with Crippen molar-refractivity contribution in [3.63, 3.8) is 0 Å². The summed E-state index contributed by atoms with van der Waals surface area (Å²) in [6.45, 7) is 4.62. The van der Waals surface area contributed by atoms with Crippen molar-refractivity contribution >= 4 is 5.78 Å². The molecule has 2 atom stereocenters. The SMILES string of the molecule is CC(=O)CC1CCCN1C1CCOC1. The first-order valence-electron chi connectivity index (χ1n) is 5.60. The molecule has 2 fully saturated rings. The number of nitrogens with zero attached hydrogens (tertiary/aromatic N) is 1. The molecule has 0 aromatic carbocycles. The van der Waals surface area contributed by atoms with E-state index in [2.05, 4.69) is 4.90 Å². The second-order valence-corrected chi connectivity index (χ2v) is 4.46. The minimum atomic E-state index is 0.320. The molecule has 0 amide bonds. The first-order chi connectivity index (χ1) is 6.77. The molecule has 2 heterocycles. The van der Waals surface area contributed by atoms with Crippen LogP contribution in [0.5, 0.6) is 0 Å². The van der Waals surface area contributed by atoms with Crippen LogP contribution in [-0.4, -0.2) is 42.5 Å². The lowest BCUT2D eigenvalue weighted by molar-refractivity contribution is -0.118. The molecule has 0 aliphatic carbocycles. The van der Waals surface area contributed by atoms with Gasteiger partial charge in [-0.05, 0) is 32.7 Å². The molecule has 2 aliphatic heterocycles. The molecule has 0 N–H and O–H groups in total. The maximum absolute atomic E-state index is 11.1. The lowest BCUT2D eigenvalue weighted by Crippen LogP contribution is -2.40. The van der Waals surface area contributed by atoms with Gasteiger partial charge in [0.25, 0.3) is 0 Å². The van der Waals surface area contributed by atoms with Gasteiger partial charge in [0.2, 0.25) is 0 Å². The lowest BCUT2D eigenvalue weighted by Gasteiger charge is -2.28. The van der Waals surface area contributed by atoms with Crippen LogP contribution in [0.3, 0.4) is 0 Å². The molecule has 2 saturated heterocycles. The summed E-state index contributed by atoms with van der Waals surface area (Å²) in [7, 11) is 0. The summed E-state index contributed by atoms with van der Waals surface area (Å²) in [5.74, 6) is 0.320. The highest BCUT2D eigenvalue weighted by molar-refractivity contribution is 5.76. The van der Waals surface area contributed by atoms with E-state index >= 15 is 0 Å². The molecule has 80 valence electrons. The number of hydrogen-bond acceptors (Lipinski definition) is 3. The molecule has 0 spiro atoms. The number of carbonyl (C=O) groups is 1. The number of likely N-dealkylation sites (tertiary alicyclic amines) is 1.